The number of ether oxygens (including phenoxy) is 1. The smallest absolute Gasteiger partial charge is 0.290 e. The van der Waals surface area contributed by atoms with Crippen LogP contribution in [0.25, 0.3) is 0 Å². The lowest BCUT2D eigenvalue weighted by atomic mass is 9.95. The van der Waals surface area contributed by atoms with Gasteiger partial charge in [-0.1, -0.05) is 12.1 Å². The molecule has 0 saturated heterocycles. The minimum Gasteiger partial charge on any atom is -0.503 e. The number of ketones is 1. The number of methoxy groups -OCH3 is 1. The summed E-state index contributed by atoms with van der Waals surface area (Å²) in [5.41, 5.74) is 0.810. The van der Waals surface area contributed by atoms with Crippen molar-refractivity contribution >= 4 is 34.3 Å². The molecule has 0 aliphatic carbocycles. The lowest BCUT2D eigenvalue weighted by Gasteiger charge is -2.26. The summed E-state index contributed by atoms with van der Waals surface area (Å²) >= 11 is 2.19. The maximum Gasteiger partial charge on any atom is 0.290 e. The molecule has 6 nitrogen and oxygen atoms in total. The van der Waals surface area contributed by atoms with Crippen LogP contribution < -0.4 is 0 Å². The summed E-state index contributed by atoms with van der Waals surface area (Å²) in [5, 5.41) is 10.5. The lowest BCUT2D eigenvalue weighted by molar-refractivity contribution is -0.129. The zero-order valence-electron chi connectivity index (χ0n) is 15.1. The number of nitrogens with zero attached hydrogens (tertiary/aromatic N) is 1. The first-order valence-electron chi connectivity index (χ1n) is 8.53. The standard InChI is InChI=1S/C20H20INO5/c1-12-4-9-15(27-12)18(23)16-17(13-5-7-14(21)8-6-13)22(10-3-11-26-2)20(25)19(16)24/h4-9,17,24H,3,10-11H2,1-2H3/t17-/m0/s1. The lowest BCUT2D eigenvalue weighted by Crippen LogP contribution is -2.32. The van der Waals surface area contributed by atoms with Crippen molar-refractivity contribution in [1.29, 1.82) is 0 Å². The van der Waals surface area contributed by atoms with Crippen LogP contribution in [0.2, 0.25) is 0 Å². The van der Waals surface area contributed by atoms with Gasteiger partial charge in [0, 0.05) is 23.8 Å². The van der Waals surface area contributed by atoms with Gasteiger partial charge in [0.25, 0.3) is 5.91 Å². The molecule has 3 rings (SSSR count). The van der Waals surface area contributed by atoms with Crippen LogP contribution in [0.3, 0.4) is 0 Å². The topological polar surface area (TPSA) is 80.0 Å². The highest BCUT2D eigenvalue weighted by atomic mass is 127. The van der Waals surface area contributed by atoms with Crippen molar-refractivity contribution in [2.75, 3.05) is 20.3 Å². The first-order chi connectivity index (χ1) is 12.9. The van der Waals surface area contributed by atoms with Crippen LogP contribution in [0.1, 0.15) is 34.3 Å². The number of hydrogen-bond donors (Lipinski definition) is 1. The molecule has 0 unspecified atom stereocenters. The van der Waals surface area contributed by atoms with Crippen molar-refractivity contribution in [1.82, 2.24) is 4.90 Å². The summed E-state index contributed by atoms with van der Waals surface area (Å²) in [7, 11) is 1.59. The summed E-state index contributed by atoms with van der Waals surface area (Å²) in [5.74, 6) is -0.857. The van der Waals surface area contributed by atoms with Gasteiger partial charge in [0.15, 0.2) is 11.5 Å². The Labute approximate surface area is 170 Å². The van der Waals surface area contributed by atoms with Gasteiger partial charge in [-0.2, -0.15) is 0 Å². The Bertz CT molecular complexity index is 884. The predicted molar refractivity (Wildman–Crippen MR) is 108 cm³/mol. The second kappa shape index (κ2) is 8.26. The molecule has 0 bridgehead atoms. The van der Waals surface area contributed by atoms with Crippen LogP contribution in [-0.4, -0.2) is 42.0 Å². The van der Waals surface area contributed by atoms with Crippen LogP contribution in [0, 0.1) is 10.5 Å². The second-order valence-electron chi connectivity index (χ2n) is 6.30. The van der Waals surface area contributed by atoms with E-state index >= 15 is 0 Å². The number of benzene rings is 1. The van der Waals surface area contributed by atoms with Crippen LogP contribution >= 0.6 is 22.6 Å². The van der Waals surface area contributed by atoms with Crippen molar-refractivity contribution in [3.8, 4) is 0 Å². The number of amides is 1. The number of aryl methyl sites for hydroxylation is 1. The molecule has 7 heteroatoms. The van der Waals surface area contributed by atoms with Gasteiger partial charge in [0.2, 0.25) is 5.78 Å². The van der Waals surface area contributed by atoms with Crippen molar-refractivity contribution in [3.05, 3.63) is 68.4 Å². The summed E-state index contributed by atoms with van der Waals surface area (Å²) in [6.45, 7) is 2.57. The summed E-state index contributed by atoms with van der Waals surface area (Å²) < 4.78 is 11.5. The van der Waals surface area contributed by atoms with E-state index in [2.05, 4.69) is 22.6 Å². The molecule has 1 aromatic carbocycles. The number of carbonyl (C=O) groups is 2. The van der Waals surface area contributed by atoms with E-state index < -0.39 is 23.5 Å². The number of hydrogen-bond acceptors (Lipinski definition) is 5. The first-order valence-corrected chi connectivity index (χ1v) is 9.61. The van der Waals surface area contributed by atoms with Gasteiger partial charge >= 0.3 is 0 Å². The van der Waals surface area contributed by atoms with E-state index in [-0.39, 0.29) is 11.3 Å². The molecule has 1 aromatic heterocycles. The number of Topliss-reactive ketones (excluding diaryl/α,β-unsaturated/α-hetero) is 1. The van der Waals surface area contributed by atoms with E-state index in [0.29, 0.717) is 25.3 Å². The molecule has 2 heterocycles. The van der Waals surface area contributed by atoms with Gasteiger partial charge in [-0.05, 0) is 65.8 Å². The maximum absolute atomic E-state index is 13.0. The summed E-state index contributed by atoms with van der Waals surface area (Å²) in [6.07, 6.45) is 0.595. The monoisotopic (exact) mass is 481 g/mol. The van der Waals surface area contributed by atoms with Crippen LogP contribution in [0.15, 0.2) is 52.1 Å². The number of rotatable bonds is 7. The molecule has 1 aliphatic heterocycles. The first kappa shape index (κ1) is 19.6. The SMILES string of the molecule is COCCCN1C(=O)C(O)=C(C(=O)c2ccc(C)o2)[C@@H]1c1ccc(I)cc1. The van der Waals surface area contributed by atoms with Gasteiger partial charge < -0.3 is 19.2 Å². The van der Waals surface area contributed by atoms with E-state index in [4.69, 9.17) is 9.15 Å². The van der Waals surface area contributed by atoms with E-state index in [9.17, 15) is 14.7 Å². The highest BCUT2D eigenvalue weighted by molar-refractivity contribution is 14.1. The number of aliphatic hydroxyl groups excluding tert-OH is 1. The molecule has 1 aliphatic rings. The highest BCUT2D eigenvalue weighted by Gasteiger charge is 2.44. The van der Waals surface area contributed by atoms with Crippen molar-refractivity contribution in [2.24, 2.45) is 0 Å². The van der Waals surface area contributed by atoms with E-state index in [1.165, 1.54) is 4.90 Å². The number of aliphatic hydroxyl groups is 1. The molecule has 27 heavy (non-hydrogen) atoms. The normalized spacial score (nSPS) is 17.1. The Hall–Kier alpha value is -2.13. The third kappa shape index (κ3) is 3.93. The Balaban J connectivity index is 2.03. The quantitative estimate of drug-likeness (QED) is 0.370. The van der Waals surface area contributed by atoms with Gasteiger partial charge in [-0.15, -0.1) is 0 Å². The minimum atomic E-state index is -0.663. The Morgan fingerprint density at radius 3 is 2.56 bits per heavy atom. The van der Waals surface area contributed by atoms with Gasteiger partial charge in [-0.3, -0.25) is 9.59 Å². The average molecular weight is 481 g/mol. The molecule has 1 atom stereocenters. The fourth-order valence-corrected chi connectivity index (χ4v) is 3.54. The van der Waals surface area contributed by atoms with Crippen LogP contribution in [-0.2, 0) is 9.53 Å². The van der Waals surface area contributed by atoms with Crippen molar-refractivity contribution in [3.63, 3.8) is 0 Å². The third-order valence-electron chi connectivity index (χ3n) is 4.45. The Kier molecular flexibility index (Phi) is 6.01. The molecule has 0 radical (unpaired) electrons. The molecule has 2 aromatic rings. The zero-order valence-corrected chi connectivity index (χ0v) is 17.2. The van der Waals surface area contributed by atoms with Crippen molar-refractivity contribution in [2.45, 2.75) is 19.4 Å². The number of furan rings is 1. The number of carbonyl (C=O) groups excluding carboxylic acids is 2. The molecule has 1 amide bonds. The predicted octanol–water partition coefficient (Wildman–Crippen LogP) is 3.81. The van der Waals surface area contributed by atoms with E-state index in [0.717, 1.165) is 9.13 Å². The summed E-state index contributed by atoms with van der Waals surface area (Å²) in [6, 6.07) is 10.1. The molecule has 0 fully saturated rings. The molecular weight excluding hydrogens is 461 g/mol. The zero-order chi connectivity index (χ0) is 19.6. The fraction of sp³-hybridized carbons (Fsp3) is 0.300. The van der Waals surface area contributed by atoms with Gasteiger partial charge in [0.1, 0.15) is 5.76 Å². The maximum atomic E-state index is 13.0. The largest absolute Gasteiger partial charge is 0.503 e. The van der Waals surface area contributed by atoms with Crippen LogP contribution in [0.4, 0.5) is 0 Å². The third-order valence-corrected chi connectivity index (χ3v) is 5.16. The molecular formula is C20H20INO5. The Morgan fingerprint density at radius 2 is 1.96 bits per heavy atom. The summed E-state index contributed by atoms with van der Waals surface area (Å²) in [4.78, 5) is 27.2. The molecule has 1 N–H and O–H groups in total. The average Bonchev–Trinajstić information content (AvgIpc) is 3.19. The van der Waals surface area contributed by atoms with Crippen LogP contribution in [0.5, 0.6) is 0 Å². The Morgan fingerprint density at radius 1 is 1.26 bits per heavy atom. The van der Waals surface area contributed by atoms with Gasteiger partial charge in [0.05, 0.1) is 11.6 Å². The minimum absolute atomic E-state index is 0.0491. The van der Waals surface area contributed by atoms with E-state index in [1.54, 1.807) is 26.2 Å². The van der Waals surface area contributed by atoms with Gasteiger partial charge in [-0.25, -0.2) is 0 Å². The molecule has 0 spiro atoms. The number of halogens is 1. The highest BCUT2D eigenvalue weighted by Crippen LogP contribution is 2.39. The van der Waals surface area contributed by atoms with E-state index in [1.807, 2.05) is 24.3 Å². The fourth-order valence-electron chi connectivity index (χ4n) is 3.18. The van der Waals surface area contributed by atoms with Crippen molar-refractivity contribution < 1.29 is 23.8 Å². The molecule has 0 saturated carbocycles. The second-order valence-corrected chi connectivity index (χ2v) is 7.55. The molecule has 142 valence electrons.